The molecule has 0 bridgehead atoms. The van der Waals surface area contributed by atoms with Gasteiger partial charge in [-0.05, 0) is 36.3 Å². The number of carbonyl (C=O) groups is 1. The van der Waals surface area contributed by atoms with Crippen molar-refractivity contribution in [2.24, 2.45) is 0 Å². The van der Waals surface area contributed by atoms with Gasteiger partial charge in [-0.25, -0.2) is 4.79 Å². The minimum Gasteiger partial charge on any atom is -0.497 e. The van der Waals surface area contributed by atoms with E-state index < -0.39 is 5.97 Å². The molecule has 22 heavy (non-hydrogen) atoms. The van der Waals surface area contributed by atoms with E-state index >= 15 is 0 Å². The number of hydrogen-bond acceptors (Lipinski definition) is 3. The van der Waals surface area contributed by atoms with Gasteiger partial charge in [-0.1, -0.05) is 29.8 Å². The van der Waals surface area contributed by atoms with Crippen LogP contribution in [0, 0.1) is 6.92 Å². The fourth-order valence-electron chi connectivity index (χ4n) is 2.08. The molecule has 0 aromatic heterocycles. The van der Waals surface area contributed by atoms with E-state index in [0.29, 0.717) is 22.6 Å². The second-order valence-corrected chi connectivity index (χ2v) is 4.88. The molecule has 0 spiro atoms. The number of ether oxygens (including phenoxy) is 2. The van der Waals surface area contributed by atoms with Gasteiger partial charge in [0.2, 0.25) is 0 Å². The third-order valence-corrected chi connectivity index (χ3v) is 3.28. The van der Waals surface area contributed by atoms with Gasteiger partial charge in [0.1, 0.15) is 11.5 Å². The van der Waals surface area contributed by atoms with Crippen molar-refractivity contribution >= 4 is 17.6 Å². The molecule has 0 radical (unpaired) electrons. The molecule has 0 aliphatic heterocycles. The quantitative estimate of drug-likeness (QED) is 0.676. The maximum absolute atomic E-state index is 11.6. The number of methoxy groups -OCH3 is 2. The highest BCUT2D eigenvalue weighted by molar-refractivity contribution is 6.20. The Balaban J connectivity index is 2.50. The maximum Gasteiger partial charge on any atom is 0.336 e. The molecular weight excluding hydrogens is 280 g/mol. The number of carboxylic acids is 1. The van der Waals surface area contributed by atoms with Crippen LogP contribution in [0.25, 0.3) is 11.6 Å². The Bertz CT molecular complexity index is 677. The lowest BCUT2D eigenvalue weighted by atomic mass is 10.0. The molecule has 4 nitrogen and oxygen atoms in total. The first-order valence-corrected chi connectivity index (χ1v) is 6.78. The summed E-state index contributed by atoms with van der Waals surface area (Å²) in [6.07, 6.45) is 1.61. The molecule has 0 unspecified atom stereocenters. The third kappa shape index (κ3) is 3.67. The molecule has 0 amide bonds. The van der Waals surface area contributed by atoms with Gasteiger partial charge in [0.05, 0.1) is 19.8 Å². The van der Waals surface area contributed by atoms with Crippen LogP contribution in [-0.4, -0.2) is 25.3 Å². The largest absolute Gasteiger partial charge is 0.497 e. The summed E-state index contributed by atoms with van der Waals surface area (Å²) >= 11 is 0. The highest BCUT2D eigenvalue weighted by atomic mass is 16.5. The van der Waals surface area contributed by atoms with Gasteiger partial charge in [0.15, 0.2) is 0 Å². The summed E-state index contributed by atoms with van der Waals surface area (Å²) in [6, 6.07) is 12.6. The summed E-state index contributed by atoms with van der Waals surface area (Å²) in [5.74, 6) is 0.240. The summed E-state index contributed by atoms with van der Waals surface area (Å²) in [4.78, 5) is 11.6. The number of aliphatic carboxylic acids is 1. The number of hydrogen-bond donors (Lipinski definition) is 1. The fraction of sp³-hybridized carbons (Fsp3) is 0.167. The summed E-state index contributed by atoms with van der Waals surface area (Å²) < 4.78 is 10.4. The van der Waals surface area contributed by atoms with E-state index in [1.54, 1.807) is 50.6 Å². The van der Waals surface area contributed by atoms with Crippen LogP contribution in [0.1, 0.15) is 16.7 Å². The second-order valence-electron chi connectivity index (χ2n) is 4.88. The molecule has 114 valence electrons. The molecule has 0 saturated heterocycles. The first-order chi connectivity index (χ1) is 10.5. The SMILES string of the molecule is COc1cc(/C=C(/C(=O)O)c2ccc(C)cc2)cc(OC)c1. The van der Waals surface area contributed by atoms with Crippen LogP contribution in [-0.2, 0) is 4.79 Å². The summed E-state index contributed by atoms with van der Waals surface area (Å²) in [5, 5.41) is 9.48. The van der Waals surface area contributed by atoms with Crippen LogP contribution in [0.2, 0.25) is 0 Å². The zero-order valence-electron chi connectivity index (χ0n) is 12.8. The van der Waals surface area contributed by atoms with E-state index in [0.717, 1.165) is 5.56 Å². The smallest absolute Gasteiger partial charge is 0.336 e. The van der Waals surface area contributed by atoms with E-state index in [1.165, 1.54) is 0 Å². The first-order valence-electron chi connectivity index (χ1n) is 6.78. The molecule has 0 aliphatic rings. The van der Waals surface area contributed by atoms with Gasteiger partial charge >= 0.3 is 5.97 Å². The van der Waals surface area contributed by atoms with E-state index in [9.17, 15) is 9.90 Å². The van der Waals surface area contributed by atoms with Crippen molar-refractivity contribution in [3.05, 3.63) is 59.2 Å². The van der Waals surface area contributed by atoms with E-state index in [4.69, 9.17) is 9.47 Å². The molecule has 1 N–H and O–H groups in total. The highest BCUT2D eigenvalue weighted by Gasteiger charge is 2.11. The van der Waals surface area contributed by atoms with Gasteiger partial charge in [-0.2, -0.15) is 0 Å². The molecular formula is C18H18O4. The van der Waals surface area contributed by atoms with Gasteiger partial charge in [0, 0.05) is 6.07 Å². The van der Waals surface area contributed by atoms with Crippen LogP contribution >= 0.6 is 0 Å². The van der Waals surface area contributed by atoms with Crippen molar-refractivity contribution in [2.75, 3.05) is 14.2 Å². The van der Waals surface area contributed by atoms with Crippen LogP contribution in [0.3, 0.4) is 0 Å². The average Bonchev–Trinajstić information content (AvgIpc) is 2.53. The van der Waals surface area contributed by atoms with Crippen LogP contribution in [0.15, 0.2) is 42.5 Å². The van der Waals surface area contributed by atoms with Crippen molar-refractivity contribution < 1.29 is 19.4 Å². The molecule has 0 atom stereocenters. The topological polar surface area (TPSA) is 55.8 Å². The Kier molecular flexibility index (Phi) is 4.84. The standard InChI is InChI=1S/C18H18O4/c1-12-4-6-14(7-5-12)17(18(19)20)10-13-8-15(21-2)11-16(9-13)22-3/h4-11H,1-3H3,(H,19,20)/b17-10+. The molecule has 0 heterocycles. The van der Waals surface area contributed by atoms with Crippen molar-refractivity contribution in [1.82, 2.24) is 0 Å². The van der Waals surface area contributed by atoms with Gasteiger partial charge in [0.25, 0.3) is 0 Å². The number of benzene rings is 2. The predicted molar refractivity (Wildman–Crippen MR) is 86.2 cm³/mol. The average molecular weight is 298 g/mol. The molecule has 0 saturated carbocycles. The van der Waals surface area contributed by atoms with Gasteiger partial charge < -0.3 is 14.6 Å². The lowest BCUT2D eigenvalue weighted by molar-refractivity contribution is -0.130. The molecule has 0 aliphatic carbocycles. The Morgan fingerprint density at radius 3 is 2.00 bits per heavy atom. The number of carboxylic acid groups (broad SMARTS) is 1. The minimum atomic E-state index is -0.981. The summed E-state index contributed by atoms with van der Waals surface area (Å²) in [5.41, 5.74) is 2.65. The summed E-state index contributed by atoms with van der Waals surface area (Å²) in [7, 11) is 3.11. The molecule has 2 aromatic carbocycles. The third-order valence-electron chi connectivity index (χ3n) is 3.28. The van der Waals surface area contributed by atoms with Crippen molar-refractivity contribution in [3.63, 3.8) is 0 Å². The van der Waals surface area contributed by atoms with E-state index in [-0.39, 0.29) is 5.57 Å². The lowest BCUT2D eigenvalue weighted by Crippen LogP contribution is -2.00. The Morgan fingerprint density at radius 2 is 1.55 bits per heavy atom. The van der Waals surface area contributed by atoms with Crippen LogP contribution in [0.4, 0.5) is 0 Å². The van der Waals surface area contributed by atoms with Crippen LogP contribution in [0.5, 0.6) is 11.5 Å². The number of aryl methyl sites for hydroxylation is 1. The number of rotatable bonds is 5. The zero-order valence-corrected chi connectivity index (χ0v) is 12.8. The normalized spacial score (nSPS) is 11.1. The molecule has 2 rings (SSSR count). The molecule has 0 fully saturated rings. The molecule has 4 heteroatoms. The second kappa shape index (κ2) is 6.80. The van der Waals surface area contributed by atoms with Crippen molar-refractivity contribution in [2.45, 2.75) is 6.92 Å². The predicted octanol–water partition coefficient (Wildman–Crippen LogP) is 3.64. The monoisotopic (exact) mass is 298 g/mol. The zero-order chi connectivity index (χ0) is 16.1. The van der Waals surface area contributed by atoms with Gasteiger partial charge in [-0.15, -0.1) is 0 Å². The van der Waals surface area contributed by atoms with Gasteiger partial charge in [-0.3, -0.25) is 0 Å². The minimum absolute atomic E-state index is 0.218. The lowest BCUT2D eigenvalue weighted by Gasteiger charge is -2.08. The Morgan fingerprint density at radius 1 is 1.00 bits per heavy atom. The molecule has 2 aromatic rings. The Hall–Kier alpha value is -2.75. The maximum atomic E-state index is 11.6. The summed E-state index contributed by atoms with van der Waals surface area (Å²) in [6.45, 7) is 1.96. The van der Waals surface area contributed by atoms with E-state index in [2.05, 4.69) is 0 Å². The fourth-order valence-corrected chi connectivity index (χ4v) is 2.08. The van der Waals surface area contributed by atoms with Crippen molar-refractivity contribution in [1.29, 1.82) is 0 Å². The highest BCUT2D eigenvalue weighted by Crippen LogP contribution is 2.26. The Labute approximate surface area is 129 Å². The van der Waals surface area contributed by atoms with Crippen LogP contribution < -0.4 is 9.47 Å². The first kappa shape index (κ1) is 15.6. The van der Waals surface area contributed by atoms with E-state index in [1.807, 2.05) is 19.1 Å². The van der Waals surface area contributed by atoms with Crippen molar-refractivity contribution in [3.8, 4) is 11.5 Å².